The number of likely N-dealkylation sites (tertiary alicyclic amines) is 1. The summed E-state index contributed by atoms with van der Waals surface area (Å²) < 4.78 is 27.7. The molecule has 1 saturated carbocycles. The lowest BCUT2D eigenvalue weighted by Crippen LogP contribution is -2.33. The van der Waals surface area contributed by atoms with E-state index in [1.165, 1.54) is 6.07 Å². The predicted molar refractivity (Wildman–Crippen MR) is 108 cm³/mol. The van der Waals surface area contributed by atoms with Gasteiger partial charge in [0.15, 0.2) is 0 Å². The standard InChI is InChI=1S/C21H25N3O3S/c1-14-7-10-17(28(26,27)23-16-8-9-16)11-18(14)21(25)24-12-19(20(22)13-24)15-5-3-2-4-6-15/h2-7,10-11,16,19-20,23H,8-9,12-13,22H2,1H3/t19-,20+/m0/s1. The molecule has 0 bridgehead atoms. The van der Waals surface area contributed by atoms with Crippen LogP contribution >= 0.6 is 0 Å². The molecular weight excluding hydrogens is 374 g/mol. The minimum absolute atomic E-state index is 0.0219. The van der Waals surface area contributed by atoms with Crippen LogP contribution in [0.3, 0.4) is 0 Å². The van der Waals surface area contributed by atoms with E-state index in [1.807, 2.05) is 37.3 Å². The number of amides is 1. The largest absolute Gasteiger partial charge is 0.336 e. The number of nitrogens with zero attached hydrogens (tertiary/aromatic N) is 1. The fourth-order valence-electron chi connectivity index (χ4n) is 3.71. The van der Waals surface area contributed by atoms with Crippen LogP contribution in [0.4, 0.5) is 0 Å². The molecular formula is C21H25N3O3S. The van der Waals surface area contributed by atoms with Gasteiger partial charge in [0.1, 0.15) is 0 Å². The highest BCUT2D eigenvalue weighted by molar-refractivity contribution is 7.89. The Balaban J connectivity index is 1.57. The molecule has 2 aromatic rings. The SMILES string of the molecule is Cc1ccc(S(=O)(=O)NC2CC2)cc1C(=O)N1C[C@@H](N)[C@H](c2ccccc2)C1. The minimum atomic E-state index is -3.60. The van der Waals surface area contributed by atoms with Crippen LogP contribution in [0.2, 0.25) is 0 Å². The summed E-state index contributed by atoms with van der Waals surface area (Å²) in [5.74, 6) is -0.0937. The van der Waals surface area contributed by atoms with Crippen LogP contribution in [0.15, 0.2) is 53.4 Å². The highest BCUT2D eigenvalue weighted by Crippen LogP contribution is 2.29. The molecule has 3 N–H and O–H groups in total. The lowest BCUT2D eigenvalue weighted by molar-refractivity contribution is 0.0788. The average molecular weight is 400 g/mol. The second-order valence-corrected chi connectivity index (χ2v) is 9.48. The number of hydrogen-bond acceptors (Lipinski definition) is 4. The highest BCUT2D eigenvalue weighted by Gasteiger charge is 2.35. The maximum absolute atomic E-state index is 13.2. The van der Waals surface area contributed by atoms with E-state index in [9.17, 15) is 13.2 Å². The van der Waals surface area contributed by atoms with Crippen molar-refractivity contribution in [1.82, 2.24) is 9.62 Å². The number of benzene rings is 2. The zero-order valence-corrected chi connectivity index (χ0v) is 16.7. The van der Waals surface area contributed by atoms with E-state index < -0.39 is 10.0 Å². The van der Waals surface area contributed by atoms with Gasteiger partial charge in [0, 0.05) is 36.7 Å². The molecule has 2 fully saturated rings. The molecule has 1 aliphatic heterocycles. The summed E-state index contributed by atoms with van der Waals surface area (Å²) in [5, 5.41) is 0. The third-order valence-electron chi connectivity index (χ3n) is 5.53. The van der Waals surface area contributed by atoms with Gasteiger partial charge in [-0.25, -0.2) is 13.1 Å². The quantitative estimate of drug-likeness (QED) is 0.804. The van der Waals surface area contributed by atoms with Crippen LogP contribution in [0.1, 0.15) is 40.2 Å². The van der Waals surface area contributed by atoms with E-state index in [1.54, 1.807) is 17.0 Å². The van der Waals surface area contributed by atoms with Crippen molar-refractivity contribution in [2.75, 3.05) is 13.1 Å². The van der Waals surface area contributed by atoms with Crippen LogP contribution in [-0.2, 0) is 10.0 Å². The Hall–Kier alpha value is -2.22. The van der Waals surface area contributed by atoms with Crippen molar-refractivity contribution < 1.29 is 13.2 Å². The summed E-state index contributed by atoms with van der Waals surface area (Å²) in [6.45, 7) is 2.80. The summed E-state index contributed by atoms with van der Waals surface area (Å²) in [5.41, 5.74) is 8.61. The van der Waals surface area contributed by atoms with Crippen molar-refractivity contribution in [1.29, 1.82) is 0 Å². The van der Waals surface area contributed by atoms with E-state index in [4.69, 9.17) is 5.73 Å². The number of aryl methyl sites for hydroxylation is 1. The second kappa shape index (κ2) is 7.31. The molecule has 0 aromatic heterocycles. The zero-order chi connectivity index (χ0) is 19.9. The number of hydrogen-bond donors (Lipinski definition) is 2. The number of carbonyl (C=O) groups is 1. The number of nitrogens with one attached hydrogen (secondary N) is 1. The fourth-order valence-corrected chi connectivity index (χ4v) is 5.04. The molecule has 0 unspecified atom stereocenters. The molecule has 1 saturated heterocycles. The first kappa shape index (κ1) is 19.1. The van der Waals surface area contributed by atoms with Crippen LogP contribution in [-0.4, -0.2) is 44.4 Å². The lowest BCUT2D eigenvalue weighted by Gasteiger charge is -2.18. The number of nitrogens with two attached hydrogens (primary N) is 1. The molecule has 2 aromatic carbocycles. The van der Waals surface area contributed by atoms with Crippen LogP contribution in [0.25, 0.3) is 0 Å². The maximum Gasteiger partial charge on any atom is 0.254 e. The molecule has 0 spiro atoms. The molecule has 4 rings (SSSR count). The Morgan fingerprint density at radius 3 is 2.50 bits per heavy atom. The molecule has 2 atom stereocenters. The van der Waals surface area contributed by atoms with Crippen LogP contribution in [0.5, 0.6) is 0 Å². The molecule has 1 aliphatic carbocycles. The Kier molecular flexibility index (Phi) is 4.99. The van der Waals surface area contributed by atoms with E-state index in [0.29, 0.717) is 18.7 Å². The zero-order valence-electron chi connectivity index (χ0n) is 15.8. The summed E-state index contributed by atoms with van der Waals surface area (Å²) >= 11 is 0. The van der Waals surface area contributed by atoms with Gasteiger partial charge >= 0.3 is 0 Å². The first-order valence-electron chi connectivity index (χ1n) is 9.58. The van der Waals surface area contributed by atoms with E-state index in [2.05, 4.69) is 4.72 Å². The predicted octanol–water partition coefficient (Wildman–Crippen LogP) is 2.00. The molecule has 0 radical (unpaired) electrons. The molecule has 148 valence electrons. The van der Waals surface area contributed by atoms with Crippen molar-refractivity contribution in [2.45, 2.75) is 42.7 Å². The summed E-state index contributed by atoms with van der Waals surface area (Å²) in [4.78, 5) is 15.0. The first-order valence-corrected chi connectivity index (χ1v) is 11.1. The molecule has 28 heavy (non-hydrogen) atoms. The van der Waals surface area contributed by atoms with Crippen LogP contribution in [0, 0.1) is 6.92 Å². The van der Waals surface area contributed by atoms with Crippen molar-refractivity contribution in [2.24, 2.45) is 5.73 Å². The summed E-state index contributed by atoms with van der Waals surface area (Å²) in [6, 6.07) is 14.6. The third kappa shape index (κ3) is 3.83. The maximum atomic E-state index is 13.2. The second-order valence-electron chi connectivity index (χ2n) is 7.76. The van der Waals surface area contributed by atoms with Crippen LogP contribution < -0.4 is 10.5 Å². The van der Waals surface area contributed by atoms with Crippen molar-refractivity contribution >= 4 is 15.9 Å². The monoisotopic (exact) mass is 399 g/mol. The van der Waals surface area contributed by atoms with Gasteiger partial charge in [-0.05, 0) is 43.0 Å². The van der Waals surface area contributed by atoms with E-state index in [0.717, 1.165) is 24.0 Å². The first-order chi connectivity index (χ1) is 13.3. The molecule has 1 heterocycles. The van der Waals surface area contributed by atoms with Crippen molar-refractivity contribution in [3.63, 3.8) is 0 Å². The Morgan fingerprint density at radius 1 is 1.11 bits per heavy atom. The topological polar surface area (TPSA) is 92.5 Å². The molecule has 1 amide bonds. The fraction of sp³-hybridized carbons (Fsp3) is 0.381. The van der Waals surface area contributed by atoms with Gasteiger partial charge in [0.25, 0.3) is 5.91 Å². The Morgan fingerprint density at radius 2 is 1.82 bits per heavy atom. The molecule has 6 nitrogen and oxygen atoms in total. The summed E-state index contributed by atoms with van der Waals surface area (Å²) in [7, 11) is -3.60. The number of sulfonamides is 1. The summed E-state index contributed by atoms with van der Waals surface area (Å²) in [6.07, 6.45) is 1.73. The van der Waals surface area contributed by atoms with Gasteiger partial charge in [-0.3, -0.25) is 4.79 Å². The van der Waals surface area contributed by atoms with Gasteiger partial charge in [-0.2, -0.15) is 0 Å². The minimum Gasteiger partial charge on any atom is -0.336 e. The number of rotatable bonds is 5. The third-order valence-corrected chi connectivity index (χ3v) is 7.05. The Labute approximate surface area is 165 Å². The average Bonchev–Trinajstić information content (AvgIpc) is 3.39. The van der Waals surface area contributed by atoms with Gasteiger partial charge < -0.3 is 10.6 Å². The smallest absolute Gasteiger partial charge is 0.254 e. The van der Waals surface area contributed by atoms with Gasteiger partial charge in [0.05, 0.1) is 4.90 Å². The molecule has 2 aliphatic rings. The van der Waals surface area contributed by atoms with Gasteiger partial charge in [-0.15, -0.1) is 0 Å². The Bertz CT molecular complexity index is 987. The van der Waals surface area contributed by atoms with Gasteiger partial charge in [-0.1, -0.05) is 36.4 Å². The van der Waals surface area contributed by atoms with Crippen molar-refractivity contribution in [3.8, 4) is 0 Å². The van der Waals surface area contributed by atoms with E-state index >= 15 is 0 Å². The van der Waals surface area contributed by atoms with Crippen molar-refractivity contribution in [3.05, 3.63) is 65.2 Å². The number of carbonyl (C=O) groups excluding carboxylic acids is 1. The highest BCUT2D eigenvalue weighted by atomic mass is 32.2. The van der Waals surface area contributed by atoms with E-state index in [-0.39, 0.29) is 28.8 Å². The molecule has 7 heteroatoms. The lowest BCUT2D eigenvalue weighted by atomic mass is 9.95. The normalized spacial score (nSPS) is 22.4. The van der Waals surface area contributed by atoms with Gasteiger partial charge in [0.2, 0.25) is 10.0 Å².